The topological polar surface area (TPSA) is 76.2 Å². The predicted octanol–water partition coefficient (Wildman–Crippen LogP) is 3.77. The normalized spacial score (nSPS) is 18.9. The number of likely N-dealkylation sites (N-methyl/N-ethyl adjacent to an activating group) is 1. The largest absolute Gasteiger partial charge is 0.352 e. The van der Waals surface area contributed by atoms with Gasteiger partial charge in [0, 0.05) is 42.5 Å². The lowest BCUT2D eigenvalue weighted by atomic mass is 10.0. The van der Waals surface area contributed by atoms with E-state index in [1.54, 1.807) is 18.3 Å². The Bertz CT molecular complexity index is 1000. The number of pyridine rings is 1. The van der Waals surface area contributed by atoms with E-state index in [9.17, 15) is 10.1 Å². The zero-order valence-corrected chi connectivity index (χ0v) is 16.0. The third kappa shape index (κ3) is 3.11. The van der Waals surface area contributed by atoms with E-state index < -0.39 is 4.92 Å². The van der Waals surface area contributed by atoms with Crippen molar-refractivity contribution in [1.29, 1.82) is 0 Å². The highest BCUT2D eigenvalue weighted by atomic mass is 32.1. The van der Waals surface area contributed by atoms with Crippen molar-refractivity contribution in [2.24, 2.45) is 0 Å². The second kappa shape index (κ2) is 7.40. The number of hydrogen-bond acceptors (Lipinski definition) is 4. The minimum absolute atomic E-state index is 0.0439. The van der Waals surface area contributed by atoms with Crippen LogP contribution in [0.3, 0.4) is 0 Å². The highest BCUT2D eigenvalue weighted by molar-refractivity contribution is 7.80. The van der Waals surface area contributed by atoms with Gasteiger partial charge in [0.15, 0.2) is 5.11 Å². The van der Waals surface area contributed by atoms with Gasteiger partial charge in [-0.25, -0.2) is 0 Å². The number of thiocarbonyl (C=S) groups is 1. The highest BCUT2D eigenvalue weighted by Crippen LogP contribution is 2.39. The van der Waals surface area contributed by atoms with Crippen LogP contribution in [0.4, 0.5) is 5.69 Å². The van der Waals surface area contributed by atoms with E-state index in [-0.39, 0.29) is 17.8 Å². The molecule has 0 spiro atoms. The fourth-order valence-corrected chi connectivity index (χ4v) is 4.04. The lowest BCUT2D eigenvalue weighted by molar-refractivity contribution is -0.384. The average Bonchev–Trinajstić information content (AvgIpc) is 3.32. The molecule has 0 saturated carbocycles. The van der Waals surface area contributed by atoms with Gasteiger partial charge in [-0.05, 0) is 55.5 Å². The van der Waals surface area contributed by atoms with Crippen LogP contribution in [0.2, 0.25) is 0 Å². The molecule has 3 aromatic rings. The summed E-state index contributed by atoms with van der Waals surface area (Å²) < 4.78 is 2.04. The summed E-state index contributed by atoms with van der Waals surface area (Å²) in [5.74, 6) is 0. The fourth-order valence-electron chi connectivity index (χ4n) is 3.67. The van der Waals surface area contributed by atoms with E-state index in [2.05, 4.69) is 28.2 Å². The number of hydrogen-bond donors (Lipinski definition) is 1. The van der Waals surface area contributed by atoms with Gasteiger partial charge in [-0.2, -0.15) is 0 Å². The van der Waals surface area contributed by atoms with Crippen LogP contribution in [-0.4, -0.2) is 31.0 Å². The Kier molecular flexibility index (Phi) is 4.79. The Labute approximate surface area is 167 Å². The Morgan fingerprint density at radius 2 is 1.96 bits per heavy atom. The molecular formula is C20H19N5O2S. The van der Waals surface area contributed by atoms with Crippen LogP contribution in [-0.2, 0) is 0 Å². The molecule has 4 rings (SSSR count). The molecule has 1 aliphatic rings. The summed E-state index contributed by atoms with van der Waals surface area (Å²) in [7, 11) is 0. The van der Waals surface area contributed by atoms with E-state index in [1.807, 2.05) is 35.0 Å². The molecule has 2 atom stereocenters. The molecule has 8 heteroatoms. The molecule has 0 unspecified atom stereocenters. The first kappa shape index (κ1) is 18.1. The van der Waals surface area contributed by atoms with Crippen LogP contribution in [0.1, 0.15) is 30.4 Å². The van der Waals surface area contributed by atoms with E-state index in [0.717, 1.165) is 23.6 Å². The quantitative estimate of drug-likeness (QED) is 0.404. The van der Waals surface area contributed by atoms with Crippen molar-refractivity contribution >= 4 is 23.0 Å². The van der Waals surface area contributed by atoms with Crippen molar-refractivity contribution in [1.82, 2.24) is 19.8 Å². The summed E-state index contributed by atoms with van der Waals surface area (Å²) in [6.45, 7) is 2.83. The zero-order chi connectivity index (χ0) is 19.7. The van der Waals surface area contributed by atoms with Crippen molar-refractivity contribution < 1.29 is 4.92 Å². The van der Waals surface area contributed by atoms with Crippen LogP contribution in [0.5, 0.6) is 0 Å². The van der Waals surface area contributed by atoms with Crippen molar-refractivity contribution in [3.63, 3.8) is 0 Å². The van der Waals surface area contributed by atoms with Gasteiger partial charge in [0.25, 0.3) is 5.69 Å². The van der Waals surface area contributed by atoms with Crippen molar-refractivity contribution in [2.45, 2.75) is 19.0 Å². The number of aromatic nitrogens is 2. The van der Waals surface area contributed by atoms with Gasteiger partial charge in [0.05, 0.1) is 22.7 Å². The third-order valence-corrected chi connectivity index (χ3v) is 5.31. The molecule has 1 N–H and O–H groups in total. The number of benzene rings is 1. The number of nitrogens with one attached hydrogen (secondary N) is 1. The molecule has 0 bridgehead atoms. The standard InChI is InChI=1S/C20H19N5O2S/c1-2-23-19(18(22-20(23)28)16-6-3-4-12-21-16)17-7-5-13-24(17)14-8-10-15(11-9-14)25(26)27/h3-13,18-19H,2H2,1H3,(H,22,28)/t18-,19+/m0/s1. The zero-order valence-electron chi connectivity index (χ0n) is 15.2. The Morgan fingerprint density at radius 3 is 2.61 bits per heavy atom. The second-order valence-electron chi connectivity index (χ2n) is 6.49. The number of nitro benzene ring substituents is 1. The molecule has 0 radical (unpaired) electrons. The van der Waals surface area contributed by atoms with Gasteiger partial charge in [-0.1, -0.05) is 6.07 Å². The first-order valence-corrected chi connectivity index (χ1v) is 9.41. The maximum absolute atomic E-state index is 11.0. The van der Waals surface area contributed by atoms with Crippen LogP contribution in [0.15, 0.2) is 67.0 Å². The molecule has 1 aliphatic heterocycles. The Hall–Kier alpha value is -3.26. The molecule has 3 heterocycles. The van der Waals surface area contributed by atoms with Gasteiger partial charge in [-0.15, -0.1) is 0 Å². The molecule has 0 amide bonds. The highest BCUT2D eigenvalue weighted by Gasteiger charge is 2.40. The number of nitrogens with zero attached hydrogens (tertiary/aromatic N) is 4. The van der Waals surface area contributed by atoms with Crippen molar-refractivity contribution in [2.75, 3.05) is 6.54 Å². The van der Waals surface area contributed by atoms with E-state index in [4.69, 9.17) is 12.2 Å². The van der Waals surface area contributed by atoms with Crippen LogP contribution >= 0.6 is 12.2 Å². The Balaban J connectivity index is 1.77. The first-order chi connectivity index (χ1) is 13.6. The van der Waals surface area contributed by atoms with Gasteiger partial charge in [0.1, 0.15) is 0 Å². The molecule has 0 aliphatic carbocycles. The average molecular weight is 393 g/mol. The number of nitro groups is 1. The minimum atomic E-state index is -0.393. The monoisotopic (exact) mass is 393 g/mol. The lowest BCUT2D eigenvalue weighted by Gasteiger charge is -2.27. The molecule has 1 saturated heterocycles. The van der Waals surface area contributed by atoms with Gasteiger partial charge >= 0.3 is 0 Å². The third-order valence-electron chi connectivity index (χ3n) is 4.96. The molecule has 1 fully saturated rings. The summed E-state index contributed by atoms with van der Waals surface area (Å²) in [6, 6.07) is 16.3. The first-order valence-electron chi connectivity index (χ1n) is 9.00. The predicted molar refractivity (Wildman–Crippen MR) is 110 cm³/mol. The smallest absolute Gasteiger partial charge is 0.269 e. The summed E-state index contributed by atoms with van der Waals surface area (Å²) in [4.78, 5) is 17.2. The summed E-state index contributed by atoms with van der Waals surface area (Å²) in [5.41, 5.74) is 2.89. The summed E-state index contributed by atoms with van der Waals surface area (Å²) in [6.07, 6.45) is 3.74. The summed E-state index contributed by atoms with van der Waals surface area (Å²) in [5, 5.41) is 15.1. The number of rotatable bonds is 5. The maximum Gasteiger partial charge on any atom is 0.269 e. The SMILES string of the molecule is CCN1C(=S)N[C@@H](c2ccccn2)[C@H]1c1cccn1-c1ccc([N+](=O)[O-])cc1. The number of non-ortho nitro benzene ring substituents is 1. The van der Waals surface area contributed by atoms with Crippen molar-refractivity contribution in [3.8, 4) is 5.69 Å². The van der Waals surface area contributed by atoms with E-state index in [1.165, 1.54) is 12.1 Å². The van der Waals surface area contributed by atoms with Crippen LogP contribution in [0.25, 0.3) is 5.69 Å². The van der Waals surface area contributed by atoms with Crippen LogP contribution < -0.4 is 5.32 Å². The maximum atomic E-state index is 11.0. The van der Waals surface area contributed by atoms with Crippen LogP contribution in [0, 0.1) is 10.1 Å². The molecule has 7 nitrogen and oxygen atoms in total. The van der Waals surface area contributed by atoms with E-state index >= 15 is 0 Å². The summed E-state index contributed by atoms with van der Waals surface area (Å²) >= 11 is 5.58. The second-order valence-corrected chi connectivity index (χ2v) is 6.88. The van der Waals surface area contributed by atoms with Gasteiger partial charge in [0.2, 0.25) is 0 Å². The lowest BCUT2D eigenvalue weighted by Crippen LogP contribution is -2.30. The fraction of sp³-hybridized carbons (Fsp3) is 0.200. The molecule has 1 aromatic carbocycles. The molecular weight excluding hydrogens is 374 g/mol. The van der Waals surface area contributed by atoms with Gasteiger partial charge < -0.3 is 14.8 Å². The van der Waals surface area contributed by atoms with Gasteiger partial charge in [-0.3, -0.25) is 15.1 Å². The van der Waals surface area contributed by atoms with Crippen molar-refractivity contribution in [3.05, 3.63) is 88.5 Å². The molecule has 142 valence electrons. The Morgan fingerprint density at radius 1 is 1.18 bits per heavy atom. The molecule has 28 heavy (non-hydrogen) atoms. The minimum Gasteiger partial charge on any atom is -0.352 e. The van der Waals surface area contributed by atoms with E-state index in [0.29, 0.717) is 5.11 Å². The molecule has 2 aromatic heterocycles.